The molecule has 0 spiro atoms. The van der Waals surface area contributed by atoms with Crippen molar-refractivity contribution in [1.82, 2.24) is 0 Å². The van der Waals surface area contributed by atoms with Gasteiger partial charge in [-0.2, -0.15) is 0 Å². The van der Waals surface area contributed by atoms with Gasteiger partial charge in [0, 0.05) is 10.0 Å². The number of aliphatic hydroxyl groups excluding tert-OH is 1. The molecule has 1 aromatic heterocycles. The molecule has 0 aliphatic heterocycles. The fraction of sp³-hybridized carbons (Fsp3) is 0.231. The first-order valence-corrected chi connectivity index (χ1v) is 5.85. The lowest BCUT2D eigenvalue weighted by atomic mass is 9.97. The normalized spacial score (nSPS) is 12.8. The summed E-state index contributed by atoms with van der Waals surface area (Å²) in [7, 11) is 0. The lowest BCUT2D eigenvalue weighted by molar-refractivity contribution is 0.218. The van der Waals surface area contributed by atoms with Crippen molar-refractivity contribution >= 4 is 15.9 Å². The van der Waals surface area contributed by atoms with Gasteiger partial charge < -0.3 is 9.52 Å². The van der Waals surface area contributed by atoms with E-state index in [9.17, 15) is 5.11 Å². The van der Waals surface area contributed by atoms with Gasteiger partial charge in [-0.1, -0.05) is 22.0 Å². The van der Waals surface area contributed by atoms with Crippen LogP contribution in [0.4, 0.5) is 0 Å². The molecule has 2 aromatic rings. The molecule has 1 aromatic carbocycles. The molecule has 3 heteroatoms. The molecule has 0 bridgehead atoms. The SMILES string of the molecule is Cc1cc(C(O)c2ccoc2)c(C)cc1Br. The fourth-order valence-corrected chi connectivity index (χ4v) is 2.17. The molecule has 0 amide bonds. The third-order valence-corrected chi connectivity index (χ3v) is 3.56. The van der Waals surface area contributed by atoms with Gasteiger partial charge in [-0.25, -0.2) is 0 Å². The van der Waals surface area contributed by atoms with Crippen LogP contribution in [-0.4, -0.2) is 5.11 Å². The molecular formula is C13H13BrO2. The molecule has 0 saturated carbocycles. The second-order valence-corrected chi connectivity index (χ2v) is 4.77. The van der Waals surface area contributed by atoms with Crippen LogP contribution in [0.1, 0.15) is 28.4 Å². The predicted molar refractivity (Wildman–Crippen MR) is 66.4 cm³/mol. The molecule has 0 aliphatic rings. The Labute approximate surface area is 103 Å². The summed E-state index contributed by atoms with van der Waals surface area (Å²) in [6.07, 6.45) is 2.52. The van der Waals surface area contributed by atoms with Gasteiger partial charge in [-0.05, 0) is 42.7 Å². The maximum Gasteiger partial charge on any atom is 0.107 e. The van der Waals surface area contributed by atoms with Gasteiger partial charge in [0.05, 0.1) is 12.5 Å². The largest absolute Gasteiger partial charge is 0.472 e. The van der Waals surface area contributed by atoms with Crippen LogP contribution in [-0.2, 0) is 0 Å². The molecular weight excluding hydrogens is 268 g/mol. The summed E-state index contributed by atoms with van der Waals surface area (Å²) in [6, 6.07) is 5.80. The molecule has 16 heavy (non-hydrogen) atoms. The van der Waals surface area contributed by atoms with Crippen molar-refractivity contribution in [3.8, 4) is 0 Å². The molecule has 1 atom stereocenters. The Morgan fingerprint density at radius 3 is 2.62 bits per heavy atom. The Balaban J connectivity index is 2.44. The minimum Gasteiger partial charge on any atom is -0.472 e. The van der Waals surface area contributed by atoms with Gasteiger partial charge in [-0.15, -0.1) is 0 Å². The van der Waals surface area contributed by atoms with E-state index < -0.39 is 6.10 Å². The number of aryl methyl sites for hydroxylation is 2. The fourth-order valence-electron chi connectivity index (χ4n) is 1.71. The number of hydrogen-bond acceptors (Lipinski definition) is 2. The van der Waals surface area contributed by atoms with Crippen molar-refractivity contribution in [3.63, 3.8) is 0 Å². The number of furan rings is 1. The standard InChI is InChI=1S/C13H13BrO2/c1-8-6-12(14)9(2)5-11(8)13(15)10-3-4-16-7-10/h3-7,13,15H,1-2H3. The highest BCUT2D eigenvalue weighted by Crippen LogP contribution is 2.29. The number of benzene rings is 1. The maximum atomic E-state index is 10.2. The van der Waals surface area contributed by atoms with Crippen molar-refractivity contribution in [3.05, 3.63) is 57.5 Å². The molecule has 0 aliphatic carbocycles. The Hall–Kier alpha value is -1.06. The van der Waals surface area contributed by atoms with E-state index in [2.05, 4.69) is 15.9 Å². The van der Waals surface area contributed by atoms with E-state index in [0.29, 0.717) is 0 Å². The third kappa shape index (κ3) is 2.06. The number of hydrogen-bond donors (Lipinski definition) is 1. The van der Waals surface area contributed by atoms with E-state index in [1.54, 1.807) is 18.6 Å². The second kappa shape index (κ2) is 4.44. The summed E-state index contributed by atoms with van der Waals surface area (Å²) in [5.74, 6) is 0. The van der Waals surface area contributed by atoms with Gasteiger partial charge in [0.25, 0.3) is 0 Å². The van der Waals surface area contributed by atoms with Gasteiger partial charge in [0.1, 0.15) is 6.10 Å². The van der Waals surface area contributed by atoms with Crippen LogP contribution in [0.2, 0.25) is 0 Å². The van der Waals surface area contributed by atoms with Gasteiger partial charge in [-0.3, -0.25) is 0 Å². The molecule has 0 fully saturated rings. The van der Waals surface area contributed by atoms with Gasteiger partial charge in [0.15, 0.2) is 0 Å². The van der Waals surface area contributed by atoms with Crippen molar-refractivity contribution in [2.45, 2.75) is 20.0 Å². The predicted octanol–water partition coefficient (Wildman–Crippen LogP) is 3.74. The number of halogens is 1. The average molecular weight is 281 g/mol. The summed E-state index contributed by atoms with van der Waals surface area (Å²) in [4.78, 5) is 0. The van der Waals surface area contributed by atoms with Crippen LogP contribution in [0.5, 0.6) is 0 Å². The quantitative estimate of drug-likeness (QED) is 0.909. The van der Waals surface area contributed by atoms with Crippen LogP contribution in [0.25, 0.3) is 0 Å². The molecule has 2 nitrogen and oxygen atoms in total. The Morgan fingerprint density at radius 1 is 1.25 bits per heavy atom. The summed E-state index contributed by atoms with van der Waals surface area (Å²) in [6.45, 7) is 4.00. The summed E-state index contributed by atoms with van der Waals surface area (Å²) in [5, 5.41) is 10.2. The third-order valence-electron chi connectivity index (χ3n) is 2.70. The van der Waals surface area contributed by atoms with Crippen LogP contribution < -0.4 is 0 Å². The van der Waals surface area contributed by atoms with Crippen LogP contribution in [0.3, 0.4) is 0 Å². The first kappa shape index (κ1) is 11.4. The summed E-state index contributed by atoms with van der Waals surface area (Å²) >= 11 is 3.48. The van der Waals surface area contributed by atoms with Crippen LogP contribution >= 0.6 is 15.9 Å². The molecule has 2 rings (SSSR count). The van der Waals surface area contributed by atoms with E-state index in [4.69, 9.17) is 4.42 Å². The zero-order valence-electron chi connectivity index (χ0n) is 9.20. The smallest absolute Gasteiger partial charge is 0.107 e. The lowest BCUT2D eigenvalue weighted by Gasteiger charge is -2.14. The summed E-state index contributed by atoms with van der Waals surface area (Å²) in [5.41, 5.74) is 3.88. The lowest BCUT2D eigenvalue weighted by Crippen LogP contribution is -2.01. The van der Waals surface area contributed by atoms with Gasteiger partial charge >= 0.3 is 0 Å². The van der Waals surface area contributed by atoms with Gasteiger partial charge in [0.2, 0.25) is 0 Å². The van der Waals surface area contributed by atoms with E-state index in [1.807, 2.05) is 26.0 Å². The Morgan fingerprint density at radius 2 is 2.00 bits per heavy atom. The minimum atomic E-state index is -0.620. The van der Waals surface area contributed by atoms with Crippen LogP contribution in [0.15, 0.2) is 39.6 Å². The molecule has 1 heterocycles. The van der Waals surface area contributed by atoms with E-state index in [-0.39, 0.29) is 0 Å². The summed E-state index contributed by atoms with van der Waals surface area (Å²) < 4.78 is 6.04. The monoisotopic (exact) mass is 280 g/mol. The van der Waals surface area contributed by atoms with Crippen molar-refractivity contribution in [2.75, 3.05) is 0 Å². The zero-order valence-corrected chi connectivity index (χ0v) is 10.8. The highest BCUT2D eigenvalue weighted by molar-refractivity contribution is 9.10. The van der Waals surface area contributed by atoms with Crippen molar-refractivity contribution < 1.29 is 9.52 Å². The van der Waals surface area contributed by atoms with E-state index in [0.717, 1.165) is 26.7 Å². The molecule has 1 N–H and O–H groups in total. The average Bonchev–Trinajstić information content (AvgIpc) is 2.75. The topological polar surface area (TPSA) is 33.4 Å². The number of rotatable bonds is 2. The van der Waals surface area contributed by atoms with Crippen molar-refractivity contribution in [2.24, 2.45) is 0 Å². The minimum absolute atomic E-state index is 0.620. The first-order valence-electron chi connectivity index (χ1n) is 5.06. The van der Waals surface area contributed by atoms with E-state index >= 15 is 0 Å². The molecule has 0 radical (unpaired) electrons. The number of aliphatic hydroxyl groups is 1. The first-order chi connectivity index (χ1) is 7.59. The zero-order chi connectivity index (χ0) is 11.7. The Kier molecular flexibility index (Phi) is 3.17. The van der Waals surface area contributed by atoms with Crippen molar-refractivity contribution in [1.29, 1.82) is 0 Å². The Bertz CT molecular complexity index is 489. The highest BCUT2D eigenvalue weighted by Gasteiger charge is 2.15. The van der Waals surface area contributed by atoms with Crippen LogP contribution in [0, 0.1) is 13.8 Å². The maximum absolute atomic E-state index is 10.2. The second-order valence-electron chi connectivity index (χ2n) is 3.92. The molecule has 0 saturated heterocycles. The molecule has 1 unspecified atom stereocenters. The van der Waals surface area contributed by atoms with E-state index in [1.165, 1.54) is 0 Å². The molecule has 84 valence electrons. The highest BCUT2D eigenvalue weighted by atomic mass is 79.9.